The Hall–Kier alpha value is -1.26. The Morgan fingerprint density at radius 1 is 1.50 bits per heavy atom. The lowest BCUT2D eigenvalue weighted by Gasteiger charge is -2.22. The molecule has 1 unspecified atom stereocenters. The quantitative estimate of drug-likeness (QED) is 0.677. The van der Waals surface area contributed by atoms with Crippen LogP contribution in [-0.4, -0.2) is 25.3 Å². The fraction of sp³-hybridized carbons (Fsp3) is 0.462. The lowest BCUT2D eigenvalue weighted by atomic mass is 10.1. The van der Waals surface area contributed by atoms with Crippen molar-refractivity contribution in [3.63, 3.8) is 0 Å². The van der Waals surface area contributed by atoms with Crippen LogP contribution in [0, 0.1) is 0 Å². The van der Waals surface area contributed by atoms with Crippen LogP contribution in [-0.2, 0) is 9.47 Å². The van der Waals surface area contributed by atoms with E-state index in [9.17, 15) is 4.79 Å². The molecule has 0 aromatic heterocycles. The molecule has 0 bridgehead atoms. The number of anilines is 1. The van der Waals surface area contributed by atoms with E-state index in [-0.39, 0.29) is 12.7 Å². The molecule has 1 heterocycles. The van der Waals surface area contributed by atoms with Gasteiger partial charge in [-0.2, -0.15) is 0 Å². The summed E-state index contributed by atoms with van der Waals surface area (Å²) >= 11 is 5.82. The van der Waals surface area contributed by atoms with E-state index in [1.807, 2.05) is 0 Å². The van der Waals surface area contributed by atoms with Crippen molar-refractivity contribution < 1.29 is 14.3 Å². The second-order valence-electron chi connectivity index (χ2n) is 4.32. The average molecular weight is 270 g/mol. The highest BCUT2D eigenvalue weighted by molar-refractivity contribution is 6.31. The summed E-state index contributed by atoms with van der Waals surface area (Å²) in [6.45, 7) is 1.01. The number of ether oxygens (including phenoxy) is 2. The molecule has 2 N–H and O–H groups in total. The summed E-state index contributed by atoms with van der Waals surface area (Å²) < 4.78 is 10.7. The first kappa shape index (κ1) is 13.2. The lowest BCUT2D eigenvalue weighted by molar-refractivity contribution is -0.0300. The zero-order chi connectivity index (χ0) is 13.0. The molecule has 18 heavy (non-hydrogen) atoms. The zero-order valence-corrected chi connectivity index (χ0v) is 10.8. The van der Waals surface area contributed by atoms with E-state index in [4.69, 9.17) is 26.8 Å². The second-order valence-corrected chi connectivity index (χ2v) is 4.76. The molecule has 4 nitrogen and oxygen atoms in total. The highest BCUT2D eigenvalue weighted by Crippen LogP contribution is 2.19. The number of benzene rings is 1. The van der Waals surface area contributed by atoms with Crippen LogP contribution in [0.1, 0.15) is 29.6 Å². The third kappa shape index (κ3) is 3.37. The van der Waals surface area contributed by atoms with E-state index in [1.54, 1.807) is 12.1 Å². The van der Waals surface area contributed by atoms with Crippen LogP contribution in [0.3, 0.4) is 0 Å². The maximum atomic E-state index is 11.8. The van der Waals surface area contributed by atoms with Crippen molar-refractivity contribution in [1.82, 2.24) is 0 Å². The molecule has 1 saturated heterocycles. The summed E-state index contributed by atoms with van der Waals surface area (Å²) in [5.41, 5.74) is 6.38. The molecule has 1 atom stereocenters. The maximum Gasteiger partial charge on any atom is 0.340 e. The Balaban J connectivity index is 1.92. The molecule has 0 aliphatic carbocycles. The molecule has 0 spiro atoms. The normalized spacial score (nSPS) is 19.5. The van der Waals surface area contributed by atoms with E-state index in [0.717, 1.165) is 25.9 Å². The number of nitrogens with two attached hydrogens (primary N) is 1. The number of halogens is 1. The highest BCUT2D eigenvalue weighted by atomic mass is 35.5. The van der Waals surface area contributed by atoms with Crippen LogP contribution < -0.4 is 5.73 Å². The molecule has 1 fully saturated rings. The van der Waals surface area contributed by atoms with Gasteiger partial charge in [0.1, 0.15) is 6.61 Å². The van der Waals surface area contributed by atoms with Crippen molar-refractivity contribution in [2.75, 3.05) is 18.9 Å². The van der Waals surface area contributed by atoms with Gasteiger partial charge in [-0.1, -0.05) is 11.6 Å². The minimum atomic E-state index is -0.454. The van der Waals surface area contributed by atoms with Gasteiger partial charge in [0.05, 0.1) is 11.7 Å². The predicted molar refractivity (Wildman–Crippen MR) is 69.7 cm³/mol. The van der Waals surface area contributed by atoms with E-state index in [0.29, 0.717) is 16.3 Å². The first-order valence-electron chi connectivity index (χ1n) is 6.00. The van der Waals surface area contributed by atoms with Gasteiger partial charge < -0.3 is 15.2 Å². The zero-order valence-electron chi connectivity index (χ0n) is 10.0. The maximum absolute atomic E-state index is 11.8. The molecule has 1 aromatic rings. The molecule has 5 heteroatoms. The largest absolute Gasteiger partial charge is 0.459 e. The first-order valence-corrected chi connectivity index (χ1v) is 6.38. The van der Waals surface area contributed by atoms with Crippen molar-refractivity contribution in [2.24, 2.45) is 0 Å². The van der Waals surface area contributed by atoms with Gasteiger partial charge in [-0.25, -0.2) is 4.79 Å². The summed E-state index contributed by atoms with van der Waals surface area (Å²) in [7, 11) is 0. The van der Waals surface area contributed by atoms with Crippen molar-refractivity contribution in [1.29, 1.82) is 0 Å². The Bertz CT molecular complexity index is 430. The van der Waals surface area contributed by atoms with E-state index < -0.39 is 5.97 Å². The van der Waals surface area contributed by atoms with Crippen molar-refractivity contribution >= 4 is 23.3 Å². The molecule has 0 radical (unpaired) electrons. The second kappa shape index (κ2) is 6.07. The number of hydrogen-bond donors (Lipinski definition) is 1. The molecule has 1 aliphatic rings. The van der Waals surface area contributed by atoms with Gasteiger partial charge in [0.25, 0.3) is 0 Å². The molecule has 98 valence electrons. The lowest BCUT2D eigenvalue weighted by Crippen LogP contribution is -2.26. The Labute approximate surface area is 111 Å². The molecule has 1 aliphatic heterocycles. The fourth-order valence-corrected chi connectivity index (χ4v) is 2.06. The van der Waals surface area contributed by atoms with Gasteiger partial charge in [-0.3, -0.25) is 0 Å². The summed E-state index contributed by atoms with van der Waals surface area (Å²) in [6, 6.07) is 4.74. The number of hydrogen-bond acceptors (Lipinski definition) is 4. The van der Waals surface area contributed by atoms with Crippen molar-refractivity contribution in [3.8, 4) is 0 Å². The van der Waals surface area contributed by atoms with Gasteiger partial charge in [0, 0.05) is 17.3 Å². The molecule has 0 amide bonds. The minimum absolute atomic E-state index is 0.00288. The molecule has 0 saturated carbocycles. The number of carbonyl (C=O) groups is 1. The van der Waals surface area contributed by atoms with Crippen LogP contribution in [0.25, 0.3) is 0 Å². The van der Waals surface area contributed by atoms with E-state index in [1.165, 1.54) is 6.07 Å². The molecular weight excluding hydrogens is 254 g/mol. The fourth-order valence-electron chi connectivity index (χ4n) is 1.89. The smallest absolute Gasteiger partial charge is 0.340 e. The van der Waals surface area contributed by atoms with Crippen LogP contribution in [0.2, 0.25) is 5.02 Å². The topological polar surface area (TPSA) is 61.6 Å². The number of carbonyl (C=O) groups excluding carboxylic acids is 1. The van der Waals surface area contributed by atoms with Crippen LogP contribution in [0.5, 0.6) is 0 Å². The standard InChI is InChI=1S/C13H16ClNO3/c14-9-4-5-12(15)11(7-9)13(16)18-8-10-3-1-2-6-17-10/h4-5,7,10H,1-3,6,8,15H2. The third-order valence-electron chi connectivity index (χ3n) is 2.91. The summed E-state index contributed by atoms with van der Waals surface area (Å²) in [5.74, 6) is -0.454. The Kier molecular flexibility index (Phi) is 4.44. The van der Waals surface area contributed by atoms with Crippen LogP contribution >= 0.6 is 11.6 Å². The van der Waals surface area contributed by atoms with Crippen molar-refractivity contribution in [2.45, 2.75) is 25.4 Å². The number of nitrogen functional groups attached to an aromatic ring is 1. The number of esters is 1. The van der Waals surface area contributed by atoms with Crippen LogP contribution in [0.4, 0.5) is 5.69 Å². The Morgan fingerprint density at radius 3 is 3.06 bits per heavy atom. The minimum Gasteiger partial charge on any atom is -0.459 e. The van der Waals surface area contributed by atoms with Gasteiger partial charge in [0.15, 0.2) is 0 Å². The van der Waals surface area contributed by atoms with Crippen molar-refractivity contribution in [3.05, 3.63) is 28.8 Å². The van der Waals surface area contributed by atoms with E-state index in [2.05, 4.69) is 0 Å². The van der Waals surface area contributed by atoms with Gasteiger partial charge in [0.2, 0.25) is 0 Å². The van der Waals surface area contributed by atoms with Gasteiger partial charge in [-0.05, 0) is 37.5 Å². The average Bonchev–Trinajstić information content (AvgIpc) is 2.40. The molecule has 2 rings (SSSR count). The Morgan fingerprint density at radius 2 is 2.33 bits per heavy atom. The highest BCUT2D eigenvalue weighted by Gasteiger charge is 2.18. The number of rotatable bonds is 3. The third-order valence-corrected chi connectivity index (χ3v) is 3.14. The summed E-state index contributed by atoms with van der Waals surface area (Å²) in [4.78, 5) is 11.8. The van der Waals surface area contributed by atoms with E-state index >= 15 is 0 Å². The van der Waals surface area contributed by atoms with Crippen LogP contribution in [0.15, 0.2) is 18.2 Å². The van der Waals surface area contributed by atoms with Gasteiger partial charge in [-0.15, -0.1) is 0 Å². The molecular formula is C13H16ClNO3. The van der Waals surface area contributed by atoms with Gasteiger partial charge >= 0.3 is 5.97 Å². The first-order chi connectivity index (χ1) is 8.66. The monoisotopic (exact) mass is 269 g/mol. The SMILES string of the molecule is Nc1ccc(Cl)cc1C(=O)OCC1CCCCO1. The summed E-state index contributed by atoms with van der Waals surface area (Å²) in [6.07, 6.45) is 3.12. The predicted octanol–water partition coefficient (Wildman–Crippen LogP) is 2.65. The summed E-state index contributed by atoms with van der Waals surface area (Å²) in [5, 5.41) is 0.463. The molecule has 1 aromatic carbocycles.